The van der Waals surface area contributed by atoms with Gasteiger partial charge in [-0.25, -0.2) is 0 Å². The lowest BCUT2D eigenvalue weighted by Gasteiger charge is -2.14. The van der Waals surface area contributed by atoms with E-state index in [-0.39, 0.29) is 74.6 Å². The third-order valence-corrected chi connectivity index (χ3v) is 8.14. The van der Waals surface area contributed by atoms with Crippen LogP contribution in [0.1, 0.15) is 35.1 Å². The summed E-state index contributed by atoms with van der Waals surface area (Å²) in [4.78, 5) is 0. The zero-order valence-electron chi connectivity index (χ0n) is 24.1. The van der Waals surface area contributed by atoms with Gasteiger partial charge in [-0.1, -0.05) is 58.6 Å². The SMILES string of the molecule is Oc1cc(O)cc(CC(Cl)=CCc2cc(Oc3c(O)cc(CCC(Cl)=CCCc4cc(O)c(Cl)cc4O)cc3O)c(Cl)cc2O)c1. The maximum atomic E-state index is 10.7. The second kappa shape index (κ2) is 15.5. The smallest absolute Gasteiger partial charge is 0.210 e. The van der Waals surface area contributed by atoms with Crippen LogP contribution in [0.25, 0.3) is 0 Å². The lowest BCUT2D eigenvalue weighted by atomic mass is 10.1. The maximum Gasteiger partial charge on any atom is 0.210 e. The van der Waals surface area contributed by atoms with E-state index in [9.17, 15) is 35.7 Å². The van der Waals surface area contributed by atoms with Crippen LogP contribution in [0.5, 0.6) is 51.7 Å². The first-order chi connectivity index (χ1) is 21.8. The van der Waals surface area contributed by atoms with Gasteiger partial charge in [0.15, 0.2) is 11.5 Å². The molecule has 4 aromatic carbocycles. The van der Waals surface area contributed by atoms with Crippen LogP contribution < -0.4 is 4.74 Å². The molecule has 0 saturated carbocycles. The second-order valence-electron chi connectivity index (χ2n) is 10.5. The van der Waals surface area contributed by atoms with Gasteiger partial charge in [0.05, 0.1) is 10.0 Å². The normalized spacial score (nSPS) is 12.0. The van der Waals surface area contributed by atoms with Crippen molar-refractivity contribution in [2.45, 2.75) is 38.5 Å². The van der Waals surface area contributed by atoms with Crippen LogP contribution in [0.15, 0.2) is 76.8 Å². The highest BCUT2D eigenvalue weighted by atomic mass is 35.5. The molecule has 8 nitrogen and oxygen atoms in total. The van der Waals surface area contributed by atoms with E-state index in [1.165, 1.54) is 54.6 Å². The minimum Gasteiger partial charge on any atom is -0.508 e. The number of phenolic OH excluding ortho intramolecular Hbond substituents is 7. The van der Waals surface area contributed by atoms with Gasteiger partial charge in [-0.3, -0.25) is 0 Å². The Morgan fingerprint density at radius 3 is 1.89 bits per heavy atom. The van der Waals surface area contributed by atoms with Gasteiger partial charge >= 0.3 is 0 Å². The van der Waals surface area contributed by atoms with Gasteiger partial charge in [-0.05, 0) is 85.2 Å². The standard InChI is InChI=1S/C34H30Cl4O8/c35-22(3-1-2-20-13-30(43)26(37)16-28(20)41)6-4-18-11-31(44)34(32(45)12-18)46-33-14-21(29(42)17-27(33)38)5-7-23(36)8-19-9-24(39)15-25(40)10-19/h3,7,9-17,39-45H,1-2,4-6,8H2. The highest BCUT2D eigenvalue weighted by Gasteiger charge is 2.17. The van der Waals surface area contributed by atoms with Gasteiger partial charge in [0.1, 0.15) is 34.5 Å². The van der Waals surface area contributed by atoms with Crippen molar-refractivity contribution in [1.82, 2.24) is 0 Å². The Hall–Kier alpha value is -4.08. The van der Waals surface area contributed by atoms with Crippen LogP contribution in [-0.4, -0.2) is 35.7 Å². The van der Waals surface area contributed by atoms with Crippen LogP contribution in [0.4, 0.5) is 0 Å². The highest BCUT2D eigenvalue weighted by Crippen LogP contribution is 2.44. The fourth-order valence-electron chi connectivity index (χ4n) is 4.63. The molecule has 242 valence electrons. The zero-order valence-corrected chi connectivity index (χ0v) is 27.2. The van der Waals surface area contributed by atoms with Gasteiger partial charge in [-0.2, -0.15) is 0 Å². The minimum absolute atomic E-state index is 0.0180. The lowest BCUT2D eigenvalue weighted by Crippen LogP contribution is -1.93. The van der Waals surface area contributed by atoms with Crippen molar-refractivity contribution < 1.29 is 40.5 Å². The van der Waals surface area contributed by atoms with Gasteiger partial charge < -0.3 is 40.5 Å². The number of phenols is 7. The Bertz CT molecular complexity index is 1760. The average Bonchev–Trinajstić information content (AvgIpc) is 2.96. The van der Waals surface area contributed by atoms with Gasteiger partial charge in [0, 0.05) is 40.2 Å². The predicted octanol–water partition coefficient (Wildman–Crippen LogP) is 9.32. The number of allylic oxidation sites excluding steroid dienone is 4. The van der Waals surface area contributed by atoms with Crippen LogP contribution in [-0.2, 0) is 25.7 Å². The summed E-state index contributed by atoms with van der Waals surface area (Å²) in [6.45, 7) is 0. The number of halogens is 4. The molecule has 0 saturated heterocycles. The molecule has 0 spiro atoms. The van der Waals surface area contributed by atoms with E-state index in [4.69, 9.17) is 51.1 Å². The Morgan fingerprint density at radius 2 is 1.22 bits per heavy atom. The Balaban J connectivity index is 1.39. The number of hydrogen-bond acceptors (Lipinski definition) is 8. The molecule has 0 bridgehead atoms. The van der Waals surface area contributed by atoms with Gasteiger partial charge in [0.2, 0.25) is 5.75 Å². The summed E-state index contributed by atoms with van der Waals surface area (Å²) in [5.41, 5.74) is 2.11. The molecule has 0 aliphatic carbocycles. The second-order valence-corrected chi connectivity index (χ2v) is 12.3. The largest absolute Gasteiger partial charge is 0.508 e. The summed E-state index contributed by atoms with van der Waals surface area (Å²) in [6, 6.07) is 12.4. The van der Waals surface area contributed by atoms with E-state index in [1.807, 2.05) is 0 Å². The van der Waals surface area contributed by atoms with E-state index in [0.29, 0.717) is 58.0 Å². The molecule has 0 amide bonds. The molecule has 12 heteroatoms. The van der Waals surface area contributed by atoms with E-state index in [1.54, 1.807) is 12.2 Å². The first kappa shape index (κ1) is 34.8. The van der Waals surface area contributed by atoms with Crippen molar-refractivity contribution in [1.29, 1.82) is 0 Å². The van der Waals surface area contributed by atoms with Crippen molar-refractivity contribution in [3.05, 3.63) is 109 Å². The summed E-state index contributed by atoms with van der Waals surface area (Å²) in [7, 11) is 0. The molecule has 4 rings (SSSR count). The molecule has 0 fully saturated rings. The molecule has 0 aliphatic rings. The molecule has 0 atom stereocenters. The fourth-order valence-corrected chi connectivity index (χ4v) is 5.42. The van der Waals surface area contributed by atoms with Crippen molar-refractivity contribution in [3.8, 4) is 51.7 Å². The number of ether oxygens (including phenoxy) is 1. The van der Waals surface area contributed by atoms with Gasteiger partial charge in [-0.15, -0.1) is 0 Å². The molecule has 4 aromatic rings. The van der Waals surface area contributed by atoms with Crippen LogP contribution in [0, 0.1) is 0 Å². The molecule has 0 aliphatic heterocycles. The minimum atomic E-state index is -0.337. The molecule has 0 heterocycles. The first-order valence-electron chi connectivity index (χ1n) is 13.9. The number of aryl methyl sites for hydroxylation is 2. The van der Waals surface area contributed by atoms with Crippen molar-refractivity contribution in [2.24, 2.45) is 0 Å². The summed E-state index contributed by atoms with van der Waals surface area (Å²) >= 11 is 24.8. The number of rotatable bonds is 12. The Labute approximate surface area is 285 Å². The maximum absolute atomic E-state index is 10.7. The summed E-state index contributed by atoms with van der Waals surface area (Å²) in [5, 5.41) is 71.9. The number of aromatic hydroxyl groups is 7. The summed E-state index contributed by atoms with van der Waals surface area (Å²) < 4.78 is 5.76. The summed E-state index contributed by atoms with van der Waals surface area (Å²) in [6.07, 6.45) is 5.57. The van der Waals surface area contributed by atoms with Crippen LogP contribution >= 0.6 is 46.4 Å². The van der Waals surface area contributed by atoms with E-state index >= 15 is 0 Å². The summed E-state index contributed by atoms with van der Waals surface area (Å²) in [5.74, 6) is -1.28. The molecule has 7 N–H and O–H groups in total. The highest BCUT2D eigenvalue weighted by molar-refractivity contribution is 6.32. The van der Waals surface area contributed by atoms with E-state index in [0.717, 1.165) is 0 Å². The first-order valence-corrected chi connectivity index (χ1v) is 15.5. The number of benzene rings is 4. The van der Waals surface area contributed by atoms with E-state index < -0.39 is 0 Å². The van der Waals surface area contributed by atoms with E-state index in [2.05, 4.69) is 0 Å². The quantitative estimate of drug-likeness (QED) is 0.0720. The molecule has 0 radical (unpaired) electrons. The molecular weight excluding hydrogens is 678 g/mol. The molecule has 46 heavy (non-hydrogen) atoms. The average molecular weight is 708 g/mol. The van der Waals surface area contributed by atoms with Crippen LogP contribution in [0.2, 0.25) is 10.0 Å². The number of hydrogen-bond donors (Lipinski definition) is 7. The van der Waals surface area contributed by atoms with Crippen molar-refractivity contribution in [3.63, 3.8) is 0 Å². The van der Waals surface area contributed by atoms with Crippen molar-refractivity contribution >= 4 is 46.4 Å². The molecule has 0 aromatic heterocycles. The fraction of sp³-hybridized carbons (Fsp3) is 0.176. The predicted molar refractivity (Wildman–Crippen MR) is 179 cm³/mol. The lowest BCUT2D eigenvalue weighted by molar-refractivity contribution is 0.374. The topological polar surface area (TPSA) is 151 Å². The Morgan fingerprint density at radius 1 is 0.587 bits per heavy atom. The van der Waals surface area contributed by atoms with Crippen molar-refractivity contribution in [2.75, 3.05) is 0 Å². The van der Waals surface area contributed by atoms with Crippen LogP contribution in [0.3, 0.4) is 0 Å². The third kappa shape index (κ3) is 9.47. The monoisotopic (exact) mass is 706 g/mol. The Kier molecular flexibility index (Phi) is 11.7. The zero-order chi connectivity index (χ0) is 33.5. The molecular formula is C34H30Cl4O8. The van der Waals surface area contributed by atoms with Gasteiger partial charge in [0.25, 0.3) is 0 Å². The molecule has 0 unspecified atom stereocenters. The third-order valence-electron chi connectivity index (χ3n) is 6.91.